The molecule has 0 fully saturated rings. The lowest BCUT2D eigenvalue weighted by atomic mass is 10.2. The number of benzene rings is 1. The molecular formula is C18H17N3O3S. The number of carbonyl (C=O) groups is 2. The van der Waals surface area contributed by atoms with E-state index in [1.165, 1.54) is 18.4 Å². The van der Waals surface area contributed by atoms with Crippen molar-refractivity contribution < 1.29 is 14.3 Å². The van der Waals surface area contributed by atoms with Crippen LogP contribution in [0.25, 0.3) is 10.4 Å². The quantitative estimate of drug-likeness (QED) is 0.709. The lowest BCUT2D eigenvalue weighted by Crippen LogP contribution is -2.15. The number of thiophene rings is 1. The molecule has 0 spiro atoms. The highest BCUT2D eigenvalue weighted by Gasteiger charge is 2.20. The molecular weight excluding hydrogens is 338 g/mol. The van der Waals surface area contributed by atoms with Crippen molar-refractivity contribution in [3.8, 4) is 10.4 Å². The largest absolute Gasteiger partial charge is 0.465 e. The lowest BCUT2D eigenvalue weighted by Gasteiger charge is -2.03. The van der Waals surface area contributed by atoms with E-state index in [1.54, 1.807) is 23.0 Å². The Hall–Kier alpha value is -2.93. The topological polar surface area (TPSA) is 73.2 Å². The van der Waals surface area contributed by atoms with Crippen molar-refractivity contribution >= 4 is 28.9 Å². The number of nitrogens with zero attached hydrogens (tertiary/aromatic N) is 2. The van der Waals surface area contributed by atoms with Crippen LogP contribution in [0, 0.1) is 0 Å². The van der Waals surface area contributed by atoms with Gasteiger partial charge in [-0.2, -0.15) is 5.10 Å². The van der Waals surface area contributed by atoms with Gasteiger partial charge in [0.05, 0.1) is 12.8 Å². The van der Waals surface area contributed by atoms with E-state index in [2.05, 4.69) is 10.4 Å². The van der Waals surface area contributed by atoms with Gasteiger partial charge in [0.25, 0.3) is 5.91 Å². The van der Waals surface area contributed by atoms with Crippen LogP contribution in [0.15, 0.2) is 48.7 Å². The third-order valence-electron chi connectivity index (χ3n) is 3.61. The molecule has 1 aromatic carbocycles. The fourth-order valence-electron chi connectivity index (χ4n) is 2.32. The summed E-state index contributed by atoms with van der Waals surface area (Å²) in [4.78, 5) is 25.7. The zero-order chi connectivity index (χ0) is 17.8. The van der Waals surface area contributed by atoms with Crippen molar-refractivity contribution in [3.63, 3.8) is 0 Å². The Morgan fingerprint density at radius 2 is 2.00 bits per heavy atom. The zero-order valence-corrected chi connectivity index (χ0v) is 14.7. The summed E-state index contributed by atoms with van der Waals surface area (Å²) in [7, 11) is 1.32. The van der Waals surface area contributed by atoms with E-state index in [1.807, 2.05) is 37.3 Å². The van der Waals surface area contributed by atoms with Crippen molar-refractivity contribution in [3.05, 3.63) is 59.2 Å². The monoisotopic (exact) mass is 355 g/mol. The van der Waals surface area contributed by atoms with Gasteiger partial charge in [0, 0.05) is 17.6 Å². The van der Waals surface area contributed by atoms with Gasteiger partial charge >= 0.3 is 5.97 Å². The minimum Gasteiger partial charge on any atom is -0.465 e. The van der Waals surface area contributed by atoms with E-state index in [9.17, 15) is 9.59 Å². The molecule has 128 valence electrons. The first-order valence-electron chi connectivity index (χ1n) is 7.74. The van der Waals surface area contributed by atoms with Crippen LogP contribution in [0.3, 0.4) is 0 Å². The number of nitrogens with one attached hydrogen (secondary N) is 1. The van der Waals surface area contributed by atoms with Crippen molar-refractivity contribution in [1.82, 2.24) is 9.78 Å². The maximum atomic E-state index is 12.4. The summed E-state index contributed by atoms with van der Waals surface area (Å²) in [6.07, 6.45) is 1.74. The lowest BCUT2D eigenvalue weighted by molar-refractivity contribution is 0.0607. The number of methoxy groups -OCH3 is 1. The van der Waals surface area contributed by atoms with E-state index in [4.69, 9.17) is 4.74 Å². The highest BCUT2D eigenvalue weighted by atomic mass is 32.1. The fourth-order valence-corrected chi connectivity index (χ4v) is 3.36. The number of esters is 1. The SMILES string of the molecule is CCn1ccc(C(=O)Nc2cc(-c3ccccc3)sc2C(=O)OC)n1. The number of amides is 1. The predicted molar refractivity (Wildman–Crippen MR) is 96.9 cm³/mol. The Kier molecular flexibility index (Phi) is 4.95. The van der Waals surface area contributed by atoms with Gasteiger partial charge in [-0.3, -0.25) is 9.48 Å². The normalized spacial score (nSPS) is 10.5. The van der Waals surface area contributed by atoms with E-state index >= 15 is 0 Å². The molecule has 1 N–H and O–H groups in total. The van der Waals surface area contributed by atoms with Crippen LogP contribution in [0.5, 0.6) is 0 Å². The molecule has 7 heteroatoms. The highest BCUT2D eigenvalue weighted by molar-refractivity contribution is 7.18. The fraction of sp³-hybridized carbons (Fsp3) is 0.167. The molecule has 0 bridgehead atoms. The predicted octanol–water partition coefficient (Wildman–Crippen LogP) is 3.67. The smallest absolute Gasteiger partial charge is 0.350 e. The van der Waals surface area contributed by atoms with E-state index in [0.29, 0.717) is 22.8 Å². The van der Waals surface area contributed by atoms with Gasteiger partial charge in [0.15, 0.2) is 5.69 Å². The van der Waals surface area contributed by atoms with Crippen molar-refractivity contribution in [2.24, 2.45) is 0 Å². The summed E-state index contributed by atoms with van der Waals surface area (Å²) in [5, 5.41) is 6.94. The van der Waals surface area contributed by atoms with Crippen molar-refractivity contribution in [1.29, 1.82) is 0 Å². The molecule has 0 aliphatic rings. The first-order chi connectivity index (χ1) is 12.1. The summed E-state index contributed by atoms with van der Waals surface area (Å²) in [5.41, 5.74) is 1.69. The van der Waals surface area contributed by atoms with Crippen LogP contribution < -0.4 is 5.32 Å². The molecule has 3 rings (SSSR count). The van der Waals surface area contributed by atoms with Crippen LogP contribution in [-0.4, -0.2) is 28.8 Å². The van der Waals surface area contributed by atoms with Gasteiger partial charge in [0.1, 0.15) is 4.88 Å². The number of aryl methyl sites for hydroxylation is 1. The molecule has 0 aliphatic heterocycles. The van der Waals surface area contributed by atoms with Gasteiger partial charge in [0.2, 0.25) is 0 Å². The van der Waals surface area contributed by atoms with Crippen LogP contribution in [-0.2, 0) is 11.3 Å². The third-order valence-corrected chi connectivity index (χ3v) is 4.77. The molecule has 0 saturated carbocycles. The molecule has 3 aromatic rings. The molecule has 6 nitrogen and oxygen atoms in total. The summed E-state index contributed by atoms with van der Waals surface area (Å²) < 4.78 is 6.50. The number of hydrogen-bond donors (Lipinski definition) is 1. The Bertz CT molecular complexity index is 899. The highest BCUT2D eigenvalue weighted by Crippen LogP contribution is 2.35. The van der Waals surface area contributed by atoms with E-state index in [0.717, 1.165) is 10.4 Å². The van der Waals surface area contributed by atoms with Crippen LogP contribution >= 0.6 is 11.3 Å². The number of rotatable bonds is 5. The first kappa shape index (κ1) is 16.9. The molecule has 0 aliphatic carbocycles. The molecule has 0 atom stereocenters. The molecule has 25 heavy (non-hydrogen) atoms. The van der Waals surface area contributed by atoms with Gasteiger partial charge < -0.3 is 10.1 Å². The molecule has 0 radical (unpaired) electrons. The average molecular weight is 355 g/mol. The van der Waals surface area contributed by atoms with Crippen molar-refractivity contribution in [2.75, 3.05) is 12.4 Å². The van der Waals surface area contributed by atoms with Crippen LogP contribution in [0.2, 0.25) is 0 Å². The average Bonchev–Trinajstić information content (AvgIpc) is 3.29. The molecule has 2 heterocycles. The standard InChI is InChI=1S/C18H17N3O3S/c1-3-21-10-9-13(20-21)17(22)19-14-11-15(12-7-5-4-6-8-12)25-16(14)18(23)24-2/h4-11H,3H2,1-2H3,(H,19,22). The molecule has 0 saturated heterocycles. The van der Waals surface area contributed by atoms with Gasteiger partial charge in [-0.05, 0) is 24.6 Å². The molecule has 2 aromatic heterocycles. The summed E-state index contributed by atoms with van der Waals surface area (Å²) in [5.74, 6) is -0.851. The minimum absolute atomic E-state index is 0.296. The Balaban J connectivity index is 1.92. The van der Waals surface area contributed by atoms with Crippen LogP contribution in [0.1, 0.15) is 27.1 Å². The van der Waals surface area contributed by atoms with E-state index < -0.39 is 5.97 Å². The second kappa shape index (κ2) is 7.31. The third kappa shape index (κ3) is 3.61. The number of carbonyl (C=O) groups excluding carboxylic acids is 2. The molecule has 0 unspecified atom stereocenters. The number of anilines is 1. The van der Waals surface area contributed by atoms with Crippen molar-refractivity contribution in [2.45, 2.75) is 13.5 Å². The minimum atomic E-state index is -0.485. The number of ether oxygens (including phenoxy) is 1. The maximum absolute atomic E-state index is 12.4. The number of aromatic nitrogens is 2. The zero-order valence-electron chi connectivity index (χ0n) is 13.9. The Morgan fingerprint density at radius 1 is 1.24 bits per heavy atom. The van der Waals surface area contributed by atoms with Gasteiger partial charge in [-0.1, -0.05) is 30.3 Å². The van der Waals surface area contributed by atoms with Crippen LogP contribution in [0.4, 0.5) is 5.69 Å². The summed E-state index contributed by atoms with van der Waals surface area (Å²) in [6.45, 7) is 2.62. The molecule has 1 amide bonds. The van der Waals surface area contributed by atoms with E-state index in [-0.39, 0.29) is 5.91 Å². The van der Waals surface area contributed by atoms with Gasteiger partial charge in [-0.25, -0.2) is 4.79 Å². The number of hydrogen-bond acceptors (Lipinski definition) is 5. The second-order valence-electron chi connectivity index (χ2n) is 5.22. The summed E-state index contributed by atoms with van der Waals surface area (Å²) >= 11 is 1.28. The Morgan fingerprint density at radius 3 is 2.64 bits per heavy atom. The van der Waals surface area contributed by atoms with Gasteiger partial charge in [-0.15, -0.1) is 11.3 Å². The maximum Gasteiger partial charge on any atom is 0.350 e. The first-order valence-corrected chi connectivity index (χ1v) is 8.56. The Labute approximate surface area is 149 Å². The summed E-state index contributed by atoms with van der Waals surface area (Å²) in [6, 6.07) is 13.1. The second-order valence-corrected chi connectivity index (χ2v) is 6.27.